The lowest BCUT2D eigenvalue weighted by Crippen LogP contribution is -2.23. The fourth-order valence-electron chi connectivity index (χ4n) is 3.76. The number of allylic oxidation sites excluding steroid dienone is 5. The van der Waals surface area contributed by atoms with E-state index in [1.54, 1.807) is 7.05 Å². The molecule has 1 aliphatic heterocycles. The van der Waals surface area contributed by atoms with E-state index in [0.717, 1.165) is 58.7 Å². The van der Waals surface area contributed by atoms with Gasteiger partial charge in [0.15, 0.2) is 5.82 Å². The van der Waals surface area contributed by atoms with E-state index in [9.17, 15) is 0 Å². The van der Waals surface area contributed by atoms with Gasteiger partial charge >= 0.3 is 0 Å². The molecule has 6 nitrogen and oxygen atoms in total. The van der Waals surface area contributed by atoms with Crippen LogP contribution < -0.4 is 10.6 Å². The number of nitrogens with one attached hydrogen (secondary N) is 2. The van der Waals surface area contributed by atoms with Crippen molar-refractivity contribution in [2.75, 3.05) is 39.5 Å². The van der Waals surface area contributed by atoms with Crippen LogP contribution >= 0.6 is 0 Å². The van der Waals surface area contributed by atoms with Crippen LogP contribution in [0.3, 0.4) is 0 Å². The quantitative estimate of drug-likeness (QED) is 0.437. The molecule has 1 aromatic heterocycles. The number of rotatable bonds is 9. The maximum atomic E-state index is 4.97. The van der Waals surface area contributed by atoms with Crippen LogP contribution in [0.25, 0.3) is 22.5 Å². The monoisotopic (exact) mass is 442 g/mol. The van der Waals surface area contributed by atoms with Crippen LogP contribution in [0.4, 0.5) is 5.82 Å². The first-order chi connectivity index (χ1) is 15.9. The molecular formula is C27H34N6. The molecule has 0 spiro atoms. The van der Waals surface area contributed by atoms with Gasteiger partial charge < -0.3 is 15.5 Å². The Kier molecular flexibility index (Phi) is 8.33. The minimum absolute atomic E-state index is 0.317. The molecule has 172 valence electrons. The highest BCUT2D eigenvalue weighted by molar-refractivity contribution is 6.12. The van der Waals surface area contributed by atoms with Gasteiger partial charge in [0.05, 0.1) is 0 Å². The Morgan fingerprint density at radius 1 is 1.30 bits per heavy atom. The normalized spacial score (nSPS) is 16.8. The third-order valence-electron chi connectivity index (χ3n) is 5.24. The summed E-state index contributed by atoms with van der Waals surface area (Å²) in [5.74, 6) is 1.48. The third-order valence-corrected chi connectivity index (χ3v) is 5.24. The number of aromatic nitrogens is 2. The lowest BCUT2D eigenvalue weighted by Gasteiger charge is -2.17. The zero-order valence-corrected chi connectivity index (χ0v) is 20.1. The van der Waals surface area contributed by atoms with Crippen molar-refractivity contribution in [3.63, 3.8) is 0 Å². The molecule has 0 unspecified atom stereocenters. The largest absolute Gasteiger partial charge is 0.383 e. The fourth-order valence-corrected chi connectivity index (χ4v) is 3.76. The maximum Gasteiger partial charge on any atom is 0.161 e. The molecule has 2 aromatic rings. The van der Waals surface area contributed by atoms with Gasteiger partial charge in [-0.2, -0.15) is 0 Å². The molecule has 2 N–H and O–H groups in total. The topological polar surface area (TPSA) is 65.4 Å². The Morgan fingerprint density at radius 3 is 2.76 bits per heavy atom. The SMILES string of the molecule is C=C/C(=C\N(C)C)c1cccc(-c2ncc(/C(C=NC)=C/C(=C)C)c(N[C@H]3CCNC3)n2)c1. The van der Waals surface area contributed by atoms with E-state index in [-0.39, 0.29) is 0 Å². The Morgan fingerprint density at radius 2 is 2.12 bits per heavy atom. The van der Waals surface area contributed by atoms with Crippen LogP contribution in [0.5, 0.6) is 0 Å². The van der Waals surface area contributed by atoms with Gasteiger partial charge in [-0.25, -0.2) is 9.97 Å². The first kappa shape index (κ1) is 24.1. The van der Waals surface area contributed by atoms with E-state index in [4.69, 9.17) is 9.97 Å². The summed E-state index contributed by atoms with van der Waals surface area (Å²) in [6.45, 7) is 11.9. The molecule has 1 saturated heterocycles. The lowest BCUT2D eigenvalue weighted by atomic mass is 10.0. The summed E-state index contributed by atoms with van der Waals surface area (Å²) in [5, 5.41) is 7.03. The molecule has 1 fully saturated rings. The summed E-state index contributed by atoms with van der Waals surface area (Å²) in [6.07, 6.45) is 10.7. The van der Waals surface area contributed by atoms with E-state index in [1.165, 1.54) is 0 Å². The van der Waals surface area contributed by atoms with Gasteiger partial charge in [0, 0.05) is 69.0 Å². The average molecular weight is 443 g/mol. The zero-order chi connectivity index (χ0) is 23.8. The van der Waals surface area contributed by atoms with Crippen LogP contribution in [0.2, 0.25) is 0 Å². The fraction of sp³-hybridized carbons (Fsp3) is 0.296. The molecule has 0 amide bonds. The molecule has 33 heavy (non-hydrogen) atoms. The highest BCUT2D eigenvalue weighted by Crippen LogP contribution is 2.28. The Labute approximate surface area is 197 Å². The van der Waals surface area contributed by atoms with Crippen LogP contribution in [-0.2, 0) is 0 Å². The van der Waals surface area contributed by atoms with Crippen LogP contribution in [0.1, 0.15) is 24.5 Å². The van der Waals surface area contributed by atoms with Gasteiger partial charge in [0.1, 0.15) is 5.82 Å². The van der Waals surface area contributed by atoms with E-state index in [2.05, 4.69) is 47.1 Å². The molecule has 0 radical (unpaired) electrons. The Hall–Kier alpha value is -3.51. The second-order valence-corrected chi connectivity index (χ2v) is 8.46. The second-order valence-electron chi connectivity index (χ2n) is 8.46. The molecule has 0 bridgehead atoms. The van der Waals surface area contributed by atoms with E-state index in [0.29, 0.717) is 11.9 Å². The molecule has 6 heteroatoms. The predicted octanol–water partition coefficient (Wildman–Crippen LogP) is 4.67. The molecule has 0 aliphatic carbocycles. The van der Waals surface area contributed by atoms with Crippen LogP contribution in [0.15, 0.2) is 72.5 Å². The molecule has 2 heterocycles. The zero-order valence-electron chi connectivity index (χ0n) is 20.1. The molecule has 1 aromatic carbocycles. The number of hydrogen-bond acceptors (Lipinski definition) is 6. The summed E-state index contributed by atoms with van der Waals surface area (Å²) in [4.78, 5) is 15.9. The smallest absolute Gasteiger partial charge is 0.161 e. The molecule has 1 atom stereocenters. The number of hydrogen-bond donors (Lipinski definition) is 2. The van der Waals surface area contributed by atoms with Gasteiger partial charge in [-0.15, -0.1) is 0 Å². The summed E-state index contributed by atoms with van der Waals surface area (Å²) in [5.41, 5.74) is 5.85. The van der Waals surface area contributed by atoms with Crippen molar-refractivity contribution in [3.05, 3.63) is 78.7 Å². The van der Waals surface area contributed by atoms with E-state index < -0.39 is 0 Å². The molecule has 1 aliphatic rings. The molecular weight excluding hydrogens is 408 g/mol. The van der Waals surface area contributed by atoms with Crippen molar-refractivity contribution in [2.24, 2.45) is 4.99 Å². The second kappa shape index (κ2) is 11.4. The number of anilines is 1. The number of nitrogens with zero attached hydrogens (tertiary/aromatic N) is 4. The summed E-state index contributed by atoms with van der Waals surface area (Å²) < 4.78 is 0. The minimum atomic E-state index is 0.317. The van der Waals surface area contributed by atoms with Gasteiger partial charge in [-0.05, 0) is 37.1 Å². The van der Waals surface area contributed by atoms with Crippen molar-refractivity contribution in [2.45, 2.75) is 19.4 Å². The minimum Gasteiger partial charge on any atom is -0.383 e. The van der Waals surface area contributed by atoms with Crippen molar-refractivity contribution in [3.8, 4) is 11.4 Å². The van der Waals surface area contributed by atoms with E-state index in [1.807, 2.05) is 62.6 Å². The number of benzene rings is 1. The van der Waals surface area contributed by atoms with Gasteiger partial charge in [0.2, 0.25) is 0 Å². The van der Waals surface area contributed by atoms with Crippen LogP contribution in [-0.4, -0.2) is 61.4 Å². The van der Waals surface area contributed by atoms with Crippen LogP contribution in [0, 0.1) is 0 Å². The standard InChI is InChI=1S/C27H34N6/c1-7-20(18-33(5)6)21-9-8-10-22(14-21)26-30-17-25(23(15-28-4)13-19(2)3)27(32-26)31-24-11-12-29-16-24/h7-10,13-15,17-18,24,29H,1-2,11-12,16H2,3-6H3,(H,30,31,32)/b20-18+,23-13+,28-15?/t24-/m0/s1. The first-order valence-corrected chi connectivity index (χ1v) is 11.2. The van der Waals surface area contributed by atoms with Crippen molar-refractivity contribution in [1.29, 1.82) is 0 Å². The van der Waals surface area contributed by atoms with Gasteiger partial charge in [-0.3, -0.25) is 4.99 Å². The third kappa shape index (κ3) is 6.49. The summed E-state index contributed by atoms with van der Waals surface area (Å²) >= 11 is 0. The maximum absolute atomic E-state index is 4.97. The Bertz CT molecular complexity index is 1090. The van der Waals surface area contributed by atoms with E-state index >= 15 is 0 Å². The first-order valence-electron chi connectivity index (χ1n) is 11.2. The van der Waals surface area contributed by atoms with Crippen molar-refractivity contribution < 1.29 is 0 Å². The highest BCUT2D eigenvalue weighted by Gasteiger charge is 2.19. The van der Waals surface area contributed by atoms with Crippen molar-refractivity contribution >= 4 is 23.2 Å². The summed E-state index contributed by atoms with van der Waals surface area (Å²) in [6, 6.07) is 8.56. The van der Waals surface area contributed by atoms with Crippen molar-refractivity contribution in [1.82, 2.24) is 20.2 Å². The molecule has 3 rings (SSSR count). The van der Waals surface area contributed by atoms with Gasteiger partial charge in [0.25, 0.3) is 0 Å². The lowest BCUT2D eigenvalue weighted by molar-refractivity contribution is 0.566. The van der Waals surface area contributed by atoms with Gasteiger partial charge in [-0.1, -0.05) is 49.1 Å². The Balaban J connectivity index is 2.08. The number of aliphatic imine (C=N–C) groups is 1. The average Bonchev–Trinajstić information content (AvgIpc) is 3.30. The highest BCUT2D eigenvalue weighted by atomic mass is 15.1. The summed E-state index contributed by atoms with van der Waals surface area (Å²) in [7, 11) is 5.76. The predicted molar refractivity (Wildman–Crippen MR) is 141 cm³/mol. The molecule has 0 saturated carbocycles.